The van der Waals surface area contributed by atoms with Crippen molar-refractivity contribution >= 4 is 62.2 Å². The Bertz CT molecular complexity index is 2130. The number of ether oxygens (including phenoxy) is 1. The molecular weight excluding hydrogens is 646 g/mol. The van der Waals surface area contributed by atoms with Gasteiger partial charge in [0.15, 0.2) is 6.23 Å². The lowest BCUT2D eigenvalue weighted by molar-refractivity contribution is -0.0366. The number of aryl methyl sites for hydroxylation is 1. The van der Waals surface area contributed by atoms with Gasteiger partial charge >= 0.3 is 6.09 Å². The first-order valence-corrected chi connectivity index (χ1v) is 17.1. The highest BCUT2D eigenvalue weighted by Gasteiger charge is 2.35. The molecule has 0 radical (unpaired) electrons. The number of carboxylic acid groups (broad SMARTS) is 1. The number of likely N-dealkylation sites (N-methyl/N-ethyl adjacent to an activating group) is 1. The number of aromatic nitrogens is 4. The van der Waals surface area contributed by atoms with E-state index in [-0.39, 0.29) is 19.2 Å². The van der Waals surface area contributed by atoms with Crippen LogP contribution < -0.4 is 9.80 Å². The zero-order valence-electron chi connectivity index (χ0n) is 27.8. The Kier molecular flexibility index (Phi) is 7.97. The molecule has 0 saturated carbocycles. The molecule has 3 aromatic heterocycles. The summed E-state index contributed by atoms with van der Waals surface area (Å²) in [5, 5.41) is 27.4. The molecule has 254 valence electrons. The average molecular weight is 684 g/mol. The molecule has 3 aliphatic heterocycles. The minimum Gasteiger partial charge on any atom is -0.465 e. The monoisotopic (exact) mass is 683 g/mol. The molecule has 1 unspecified atom stereocenters. The van der Waals surface area contributed by atoms with Crippen molar-refractivity contribution in [1.29, 1.82) is 5.26 Å². The van der Waals surface area contributed by atoms with Crippen LogP contribution in [0.15, 0.2) is 35.1 Å². The van der Waals surface area contributed by atoms with Gasteiger partial charge in [0.25, 0.3) is 0 Å². The number of hydrogen-bond acceptors (Lipinski definition) is 10. The van der Waals surface area contributed by atoms with Gasteiger partial charge in [-0.3, -0.25) is 0 Å². The SMILES string of the molecule is Cc1cc2c(cnn2C2CCCCO2)c(-c2cc3nc(N4CC(N(C)C)C4)nc(N4CCN(C(=O)O)[C@@H](CC#N)C4)c3c3occc23)c1Cl. The fourth-order valence-corrected chi connectivity index (χ4v) is 7.77. The number of nitrogens with zero attached hydrogens (tertiary/aromatic N) is 9. The number of nitriles is 1. The molecule has 13 nitrogen and oxygen atoms in total. The molecule has 2 atom stereocenters. The van der Waals surface area contributed by atoms with Crippen LogP contribution in [-0.2, 0) is 4.74 Å². The van der Waals surface area contributed by atoms with Gasteiger partial charge in [0, 0.05) is 61.7 Å². The molecule has 14 heteroatoms. The van der Waals surface area contributed by atoms with E-state index in [0.717, 1.165) is 70.7 Å². The molecule has 8 rings (SSSR count). The first-order chi connectivity index (χ1) is 23.7. The summed E-state index contributed by atoms with van der Waals surface area (Å²) in [6, 6.07) is 8.15. The summed E-state index contributed by atoms with van der Waals surface area (Å²) in [7, 11) is 4.14. The van der Waals surface area contributed by atoms with Crippen molar-refractivity contribution in [2.45, 2.75) is 50.9 Å². The molecule has 1 N–H and O–H groups in total. The quantitative estimate of drug-likeness (QED) is 0.229. The van der Waals surface area contributed by atoms with Crippen LogP contribution in [0.25, 0.3) is 43.9 Å². The molecule has 3 aliphatic rings. The Hall–Kier alpha value is -4.64. The van der Waals surface area contributed by atoms with E-state index in [0.29, 0.717) is 53.6 Å². The van der Waals surface area contributed by atoms with E-state index >= 15 is 0 Å². The van der Waals surface area contributed by atoms with Crippen molar-refractivity contribution in [2.75, 3.05) is 63.2 Å². The summed E-state index contributed by atoms with van der Waals surface area (Å²) in [4.78, 5) is 30.1. The Morgan fingerprint density at radius 1 is 1.14 bits per heavy atom. The van der Waals surface area contributed by atoms with Crippen LogP contribution in [-0.4, -0.2) is 106 Å². The van der Waals surface area contributed by atoms with Gasteiger partial charge in [-0.05, 0) is 69.6 Å². The lowest BCUT2D eigenvalue weighted by atomic mass is 9.95. The molecule has 0 bridgehead atoms. The second-order valence-electron chi connectivity index (χ2n) is 13.5. The zero-order chi connectivity index (χ0) is 34.0. The van der Waals surface area contributed by atoms with Crippen LogP contribution in [0.3, 0.4) is 0 Å². The van der Waals surface area contributed by atoms with Crippen molar-refractivity contribution in [3.63, 3.8) is 0 Å². The third-order valence-corrected chi connectivity index (χ3v) is 10.8. The average Bonchev–Trinajstić information content (AvgIpc) is 3.72. The number of rotatable bonds is 6. The molecule has 3 fully saturated rings. The number of fused-ring (bicyclic) bond motifs is 4. The van der Waals surface area contributed by atoms with E-state index in [1.807, 2.05) is 23.9 Å². The van der Waals surface area contributed by atoms with E-state index < -0.39 is 12.1 Å². The minimum absolute atomic E-state index is 0.0804. The molecule has 3 saturated heterocycles. The van der Waals surface area contributed by atoms with Crippen molar-refractivity contribution in [2.24, 2.45) is 0 Å². The van der Waals surface area contributed by atoms with Gasteiger partial charge in [0.2, 0.25) is 5.95 Å². The van der Waals surface area contributed by atoms with Crippen LogP contribution in [0.4, 0.5) is 16.6 Å². The number of benzene rings is 2. The van der Waals surface area contributed by atoms with E-state index in [9.17, 15) is 15.2 Å². The Morgan fingerprint density at radius 2 is 1.98 bits per heavy atom. The number of anilines is 2. The summed E-state index contributed by atoms with van der Waals surface area (Å²) in [6.07, 6.45) is 5.51. The third kappa shape index (κ3) is 5.29. The van der Waals surface area contributed by atoms with Gasteiger partial charge in [-0.25, -0.2) is 14.5 Å². The van der Waals surface area contributed by atoms with E-state index in [1.54, 1.807) is 6.26 Å². The van der Waals surface area contributed by atoms with Crippen LogP contribution in [0, 0.1) is 18.3 Å². The molecule has 0 aliphatic carbocycles. The van der Waals surface area contributed by atoms with Crippen molar-refractivity contribution in [1.82, 2.24) is 29.5 Å². The lowest BCUT2D eigenvalue weighted by Gasteiger charge is -2.43. The topological polar surface area (TPSA) is 140 Å². The van der Waals surface area contributed by atoms with Crippen LogP contribution in [0.2, 0.25) is 5.02 Å². The van der Waals surface area contributed by atoms with Gasteiger partial charge in [-0.1, -0.05) is 11.6 Å². The summed E-state index contributed by atoms with van der Waals surface area (Å²) in [5.74, 6) is 1.26. The van der Waals surface area contributed by atoms with E-state index in [2.05, 4.69) is 47.0 Å². The molecule has 1 amide bonds. The smallest absolute Gasteiger partial charge is 0.407 e. The molecule has 0 spiro atoms. The molecule has 5 aromatic rings. The normalized spacial score (nSPS) is 20.4. The van der Waals surface area contributed by atoms with E-state index in [1.165, 1.54) is 4.90 Å². The maximum atomic E-state index is 12.0. The standard InChI is InChI=1S/C35H38ClN9O4/c1-20-14-27-25(16-38-45(27)28-6-4-5-12-48-28)29(31(20)36)24-15-26-30(32-23(24)8-13-49-32)33(40-34(39-26)43-18-22(19-43)41(2)3)42-10-11-44(35(46)47)21(17-42)7-9-37/h8,13-16,21-22,28H,4-7,10-12,17-19H2,1-3H3,(H,46,47)/t21-,28?/m0/s1. The highest BCUT2D eigenvalue weighted by atomic mass is 35.5. The Balaban J connectivity index is 1.32. The van der Waals surface area contributed by atoms with Crippen molar-refractivity contribution < 1.29 is 19.1 Å². The number of piperazine rings is 1. The van der Waals surface area contributed by atoms with Crippen molar-refractivity contribution in [3.8, 4) is 17.2 Å². The highest BCUT2D eigenvalue weighted by Crippen LogP contribution is 2.46. The summed E-state index contributed by atoms with van der Waals surface area (Å²) in [6.45, 7) is 5.27. The van der Waals surface area contributed by atoms with E-state index in [4.69, 9.17) is 35.8 Å². The fourth-order valence-electron chi connectivity index (χ4n) is 7.51. The molecule has 49 heavy (non-hydrogen) atoms. The van der Waals surface area contributed by atoms with Gasteiger partial charge in [0.05, 0.1) is 52.4 Å². The van der Waals surface area contributed by atoms with Gasteiger partial charge in [0.1, 0.15) is 11.4 Å². The maximum Gasteiger partial charge on any atom is 0.407 e. The van der Waals surface area contributed by atoms with Gasteiger partial charge < -0.3 is 33.9 Å². The number of halogens is 1. The summed E-state index contributed by atoms with van der Waals surface area (Å²) >= 11 is 7.19. The highest BCUT2D eigenvalue weighted by molar-refractivity contribution is 6.36. The second kappa shape index (κ2) is 12.4. The number of hydrogen-bond donors (Lipinski definition) is 1. The zero-order valence-corrected chi connectivity index (χ0v) is 28.5. The number of carbonyl (C=O) groups is 1. The molecular formula is C35H38ClN9O4. The Labute approximate surface area is 288 Å². The maximum absolute atomic E-state index is 12.0. The largest absolute Gasteiger partial charge is 0.465 e. The first kappa shape index (κ1) is 31.6. The number of amides is 1. The fraction of sp³-hybridized carbons (Fsp3) is 0.457. The first-order valence-electron chi connectivity index (χ1n) is 16.8. The molecule has 2 aromatic carbocycles. The van der Waals surface area contributed by atoms with Crippen molar-refractivity contribution in [3.05, 3.63) is 41.2 Å². The molecule has 6 heterocycles. The minimum atomic E-state index is -1.03. The Morgan fingerprint density at radius 3 is 2.71 bits per heavy atom. The van der Waals surface area contributed by atoms with Gasteiger partial charge in [-0.2, -0.15) is 15.3 Å². The predicted octanol–water partition coefficient (Wildman–Crippen LogP) is 5.89. The summed E-state index contributed by atoms with van der Waals surface area (Å²) in [5.41, 5.74) is 4.93. The van der Waals surface area contributed by atoms with Gasteiger partial charge in [-0.15, -0.1) is 0 Å². The predicted molar refractivity (Wildman–Crippen MR) is 187 cm³/mol. The number of furan rings is 1. The second-order valence-corrected chi connectivity index (χ2v) is 13.9. The van der Waals surface area contributed by atoms with Crippen LogP contribution in [0.1, 0.15) is 37.5 Å². The lowest BCUT2D eigenvalue weighted by Crippen LogP contribution is -2.58. The third-order valence-electron chi connectivity index (χ3n) is 10.3. The summed E-state index contributed by atoms with van der Waals surface area (Å²) < 4.78 is 14.4. The van der Waals surface area contributed by atoms with Crippen LogP contribution >= 0.6 is 11.6 Å². The van der Waals surface area contributed by atoms with Crippen LogP contribution in [0.5, 0.6) is 0 Å².